The zero-order valence-electron chi connectivity index (χ0n) is 22.1. The summed E-state index contributed by atoms with van der Waals surface area (Å²) in [6, 6.07) is 13.9. The van der Waals surface area contributed by atoms with Crippen molar-refractivity contribution in [3.63, 3.8) is 0 Å². The molecule has 5 rings (SSSR count). The lowest BCUT2D eigenvalue weighted by Gasteiger charge is -2.32. The maximum Gasteiger partial charge on any atom is 0.240 e. The van der Waals surface area contributed by atoms with Crippen molar-refractivity contribution < 1.29 is 9.08 Å². The van der Waals surface area contributed by atoms with Crippen LogP contribution in [0.3, 0.4) is 0 Å². The van der Waals surface area contributed by atoms with Gasteiger partial charge in [0.2, 0.25) is 5.91 Å². The first-order chi connectivity index (χ1) is 18.2. The maximum absolute atomic E-state index is 12.8. The number of piperazine rings is 1. The first-order valence-corrected chi connectivity index (χ1v) is 14.3. The molecule has 0 saturated carbocycles. The molecule has 1 aliphatic heterocycles. The highest BCUT2D eigenvalue weighted by Gasteiger charge is 2.33. The fourth-order valence-electron chi connectivity index (χ4n) is 4.91. The van der Waals surface area contributed by atoms with E-state index in [-0.39, 0.29) is 17.5 Å². The lowest BCUT2D eigenvalue weighted by Crippen LogP contribution is -2.55. The van der Waals surface area contributed by atoms with E-state index in [2.05, 4.69) is 59.9 Å². The Morgan fingerprint density at radius 2 is 2.03 bits per heavy atom. The van der Waals surface area contributed by atoms with Crippen LogP contribution in [-0.2, 0) is 28.5 Å². The van der Waals surface area contributed by atoms with E-state index in [1.54, 1.807) is 5.06 Å². The zero-order chi connectivity index (χ0) is 26.7. The van der Waals surface area contributed by atoms with Gasteiger partial charge in [-0.15, -0.1) is 5.10 Å². The van der Waals surface area contributed by atoms with Crippen LogP contribution in [0, 0.1) is 0 Å². The van der Waals surface area contributed by atoms with Crippen LogP contribution in [0.15, 0.2) is 53.6 Å². The highest BCUT2D eigenvalue weighted by atomic mass is 35.5. The van der Waals surface area contributed by atoms with E-state index in [0.717, 1.165) is 36.4 Å². The van der Waals surface area contributed by atoms with E-state index >= 15 is 0 Å². The van der Waals surface area contributed by atoms with Crippen molar-refractivity contribution in [2.24, 2.45) is 0 Å². The van der Waals surface area contributed by atoms with Gasteiger partial charge in [0, 0.05) is 47.7 Å². The third kappa shape index (κ3) is 6.76. The molecule has 0 radical (unpaired) electrons. The molecular formula is C28H35ClN6O2S. The van der Waals surface area contributed by atoms with E-state index < -0.39 is 6.04 Å². The van der Waals surface area contributed by atoms with Gasteiger partial charge in [0.15, 0.2) is 0 Å². The number of hydroxylamine groups is 2. The summed E-state index contributed by atoms with van der Waals surface area (Å²) in [6.07, 6.45) is 5.62. The first-order valence-electron chi connectivity index (χ1n) is 13.2. The molecule has 1 saturated heterocycles. The minimum absolute atomic E-state index is 0.0677. The second kappa shape index (κ2) is 11.8. The summed E-state index contributed by atoms with van der Waals surface area (Å²) in [5.74, 6) is -0.0677. The molecular weight excluding hydrogens is 520 g/mol. The van der Waals surface area contributed by atoms with Gasteiger partial charge in [0.05, 0.1) is 23.8 Å². The number of aromatic nitrogens is 3. The Balaban J connectivity index is 1.26. The van der Waals surface area contributed by atoms with Crippen molar-refractivity contribution in [1.82, 2.24) is 30.7 Å². The van der Waals surface area contributed by atoms with Crippen molar-refractivity contribution in [2.75, 3.05) is 13.1 Å². The molecule has 10 heteroatoms. The van der Waals surface area contributed by atoms with Gasteiger partial charge in [0.1, 0.15) is 6.04 Å². The molecule has 202 valence electrons. The predicted octanol–water partition coefficient (Wildman–Crippen LogP) is 4.73. The summed E-state index contributed by atoms with van der Waals surface area (Å²) in [6.45, 7) is 8.54. The van der Waals surface area contributed by atoms with E-state index in [1.807, 2.05) is 35.1 Å². The standard InChI is InChI=1S/C28H35ClN6O2S/c1-28(2,3)31-17-19-7-12-24-20(15-19)5-4-6-25(24)34-18-22(32-33-34)16-26-27(36)30-13-14-35(26)37-38-23-10-8-21(29)9-11-23/h7-12,15,18,25-26,31H,4-6,13-14,16-17H2,1-3H3,(H,30,36)/t25-,26-/m1/s1. The fraction of sp³-hybridized carbons (Fsp3) is 0.464. The zero-order valence-corrected chi connectivity index (χ0v) is 23.7. The molecule has 1 fully saturated rings. The van der Waals surface area contributed by atoms with Crippen molar-refractivity contribution in [3.05, 3.63) is 76.1 Å². The summed E-state index contributed by atoms with van der Waals surface area (Å²) in [4.78, 5) is 13.7. The van der Waals surface area contributed by atoms with E-state index in [9.17, 15) is 4.79 Å². The molecule has 38 heavy (non-hydrogen) atoms. The van der Waals surface area contributed by atoms with Crippen molar-refractivity contribution in [2.45, 2.75) is 75.5 Å². The summed E-state index contributed by atoms with van der Waals surface area (Å²) in [7, 11) is 0. The Bertz CT molecular complexity index is 1260. The van der Waals surface area contributed by atoms with Crippen molar-refractivity contribution in [3.8, 4) is 0 Å². The Labute approximate surface area is 233 Å². The van der Waals surface area contributed by atoms with E-state index in [4.69, 9.17) is 15.9 Å². The minimum atomic E-state index is -0.481. The number of halogens is 1. The second-order valence-electron chi connectivity index (χ2n) is 11.0. The molecule has 0 unspecified atom stereocenters. The molecule has 2 aliphatic rings. The number of aryl methyl sites for hydroxylation is 1. The third-order valence-corrected chi connectivity index (χ3v) is 7.90. The Morgan fingerprint density at radius 1 is 1.21 bits per heavy atom. The summed E-state index contributed by atoms with van der Waals surface area (Å²) in [5.41, 5.74) is 4.86. The van der Waals surface area contributed by atoms with Crippen molar-refractivity contribution in [1.29, 1.82) is 0 Å². The number of carbonyl (C=O) groups excluding carboxylic acids is 1. The number of nitrogens with one attached hydrogen (secondary N) is 2. The van der Waals surface area contributed by atoms with Gasteiger partial charge in [-0.1, -0.05) is 35.0 Å². The SMILES string of the molecule is CC(C)(C)NCc1ccc2c(c1)CCC[C@H]2n1cc(C[C@@H]2C(=O)NCCN2OSc2ccc(Cl)cc2)nn1. The van der Waals surface area contributed by atoms with E-state index in [0.29, 0.717) is 24.5 Å². The second-order valence-corrected chi connectivity index (χ2v) is 12.2. The van der Waals surface area contributed by atoms with Gasteiger partial charge in [-0.05, 0) is 81.0 Å². The summed E-state index contributed by atoms with van der Waals surface area (Å²) in [5, 5.41) is 17.9. The van der Waals surface area contributed by atoms with Gasteiger partial charge in [-0.25, -0.2) is 8.97 Å². The number of carbonyl (C=O) groups is 1. The van der Waals surface area contributed by atoms with Gasteiger partial charge in [-0.3, -0.25) is 4.79 Å². The van der Waals surface area contributed by atoms with Crippen LogP contribution in [0.2, 0.25) is 5.02 Å². The lowest BCUT2D eigenvalue weighted by atomic mass is 9.86. The summed E-state index contributed by atoms with van der Waals surface area (Å²) < 4.78 is 7.94. The number of amides is 1. The average molecular weight is 555 g/mol. The monoisotopic (exact) mass is 554 g/mol. The maximum atomic E-state index is 12.8. The van der Waals surface area contributed by atoms with Crippen LogP contribution in [0.1, 0.15) is 62.0 Å². The number of nitrogens with zero attached hydrogens (tertiary/aromatic N) is 4. The number of benzene rings is 2. The van der Waals surface area contributed by atoms with Crippen LogP contribution in [0.25, 0.3) is 0 Å². The van der Waals surface area contributed by atoms with Crippen LogP contribution in [0.4, 0.5) is 0 Å². The van der Waals surface area contributed by atoms with Gasteiger partial charge in [-0.2, -0.15) is 5.06 Å². The van der Waals surface area contributed by atoms with Crippen LogP contribution in [0.5, 0.6) is 0 Å². The molecule has 2 atom stereocenters. The molecule has 2 heterocycles. The number of hydrogen-bond donors (Lipinski definition) is 2. The first kappa shape index (κ1) is 27.1. The Hall–Kier alpha value is -2.43. The van der Waals surface area contributed by atoms with Gasteiger partial charge < -0.3 is 10.6 Å². The topological polar surface area (TPSA) is 84.3 Å². The Morgan fingerprint density at radius 3 is 2.82 bits per heavy atom. The number of rotatable bonds is 8. The molecule has 3 aromatic rings. The van der Waals surface area contributed by atoms with Gasteiger partial charge in [0.25, 0.3) is 0 Å². The summed E-state index contributed by atoms with van der Waals surface area (Å²) >= 11 is 7.20. The quantitative estimate of drug-likeness (QED) is 0.389. The smallest absolute Gasteiger partial charge is 0.240 e. The molecule has 1 amide bonds. The van der Waals surface area contributed by atoms with Crippen molar-refractivity contribution >= 4 is 29.6 Å². The largest absolute Gasteiger partial charge is 0.353 e. The molecule has 0 bridgehead atoms. The highest BCUT2D eigenvalue weighted by Crippen LogP contribution is 2.33. The van der Waals surface area contributed by atoms with E-state index in [1.165, 1.54) is 28.7 Å². The van der Waals surface area contributed by atoms with Crippen LogP contribution < -0.4 is 10.6 Å². The fourth-order valence-corrected chi connectivity index (χ4v) is 5.64. The predicted molar refractivity (Wildman–Crippen MR) is 150 cm³/mol. The molecule has 1 aliphatic carbocycles. The minimum Gasteiger partial charge on any atom is -0.353 e. The number of hydrogen-bond acceptors (Lipinski definition) is 7. The Kier molecular flexibility index (Phi) is 8.40. The average Bonchev–Trinajstić information content (AvgIpc) is 3.36. The highest BCUT2D eigenvalue weighted by molar-refractivity contribution is 7.94. The van der Waals surface area contributed by atoms with Crippen LogP contribution >= 0.6 is 23.6 Å². The molecule has 8 nitrogen and oxygen atoms in total. The molecule has 2 N–H and O–H groups in total. The molecule has 1 aromatic heterocycles. The van der Waals surface area contributed by atoms with Crippen LogP contribution in [-0.4, -0.2) is 50.6 Å². The molecule has 0 spiro atoms. The van der Waals surface area contributed by atoms with Gasteiger partial charge >= 0.3 is 0 Å². The number of fused-ring (bicyclic) bond motifs is 1. The molecule has 2 aromatic carbocycles. The normalized spacial score (nSPS) is 20.3. The lowest BCUT2D eigenvalue weighted by molar-refractivity contribution is -0.148. The third-order valence-electron chi connectivity index (χ3n) is 6.92.